The zero-order valence-electron chi connectivity index (χ0n) is 11.9. The molecule has 0 bridgehead atoms. The predicted molar refractivity (Wildman–Crippen MR) is 82.7 cm³/mol. The molecule has 0 aliphatic rings. The molecule has 0 radical (unpaired) electrons. The molecule has 0 atom stereocenters. The Morgan fingerprint density at radius 1 is 1.21 bits per heavy atom. The lowest BCUT2D eigenvalue weighted by Gasteiger charge is -2.17. The number of nitrogens with two attached hydrogens (primary N) is 1. The molecule has 0 aliphatic carbocycles. The Bertz CT molecular complexity index is 413. The van der Waals surface area contributed by atoms with Crippen molar-refractivity contribution in [3.05, 3.63) is 29.8 Å². The Labute approximate surface area is 121 Å². The fraction of sp³-hybridized carbons (Fsp3) is 0.533. The summed E-state index contributed by atoms with van der Waals surface area (Å²) in [7, 11) is 0. The van der Waals surface area contributed by atoms with E-state index in [1.165, 1.54) is 0 Å². The highest BCUT2D eigenvalue weighted by molar-refractivity contribution is 7.80. The Hall–Kier alpha value is -1.13. The van der Waals surface area contributed by atoms with Gasteiger partial charge >= 0.3 is 0 Å². The summed E-state index contributed by atoms with van der Waals surface area (Å²) in [4.78, 5) is 0.381. The van der Waals surface area contributed by atoms with Gasteiger partial charge in [-0.25, -0.2) is 0 Å². The van der Waals surface area contributed by atoms with E-state index >= 15 is 0 Å². The number of ether oxygens (including phenoxy) is 2. The summed E-state index contributed by atoms with van der Waals surface area (Å²) in [6, 6.07) is 7.48. The lowest BCUT2D eigenvalue weighted by Crippen LogP contribution is -2.13. The predicted octanol–water partition coefficient (Wildman–Crippen LogP) is 3.15. The molecular weight excluding hydrogens is 258 g/mol. The van der Waals surface area contributed by atoms with Gasteiger partial charge < -0.3 is 15.2 Å². The number of benzene rings is 1. The number of hydrogen-bond donors (Lipinski definition) is 1. The Morgan fingerprint density at radius 2 is 1.95 bits per heavy atom. The summed E-state index contributed by atoms with van der Waals surface area (Å²) >= 11 is 4.92. The molecule has 0 aromatic heterocycles. The molecule has 1 aromatic carbocycles. The standard InChI is InChI=1S/C15H23NO2S/c1-15(2,3)7-8-17-9-10-18-13-6-4-5-12(11-13)14(16)19/h4-6,11H,7-10H2,1-3H3,(H2,16,19). The normalized spacial score (nSPS) is 11.3. The van der Waals surface area contributed by atoms with Crippen molar-refractivity contribution in [1.29, 1.82) is 0 Å². The molecule has 1 rings (SSSR count). The van der Waals surface area contributed by atoms with Gasteiger partial charge in [0.05, 0.1) is 6.61 Å². The minimum absolute atomic E-state index is 0.312. The van der Waals surface area contributed by atoms with Gasteiger partial charge in [0.2, 0.25) is 0 Å². The summed E-state index contributed by atoms with van der Waals surface area (Å²) in [5, 5.41) is 0. The first-order valence-corrected chi connectivity index (χ1v) is 6.90. The van der Waals surface area contributed by atoms with Crippen LogP contribution in [0.3, 0.4) is 0 Å². The Balaban J connectivity index is 2.23. The summed E-state index contributed by atoms with van der Waals surface area (Å²) in [6.07, 6.45) is 1.05. The molecule has 106 valence electrons. The van der Waals surface area contributed by atoms with Gasteiger partial charge in [-0.2, -0.15) is 0 Å². The minimum Gasteiger partial charge on any atom is -0.491 e. The zero-order valence-corrected chi connectivity index (χ0v) is 12.8. The van der Waals surface area contributed by atoms with Gasteiger partial charge in [-0.1, -0.05) is 45.1 Å². The van der Waals surface area contributed by atoms with Crippen LogP contribution in [0.1, 0.15) is 32.8 Å². The van der Waals surface area contributed by atoms with Crippen molar-refractivity contribution >= 4 is 17.2 Å². The van der Waals surface area contributed by atoms with Gasteiger partial charge in [0, 0.05) is 12.2 Å². The van der Waals surface area contributed by atoms with Gasteiger partial charge in [0.25, 0.3) is 0 Å². The molecule has 0 spiro atoms. The van der Waals surface area contributed by atoms with Crippen LogP contribution in [0.5, 0.6) is 5.75 Å². The van der Waals surface area contributed by atoms with Crippen LogP contribution in [0.25, 0.3) is 0 Å². The summed E-state index contributed by atoms with van der Waals surface area (Å²) in [6.45, 7) is 8.49. The van der Waals surface area contributed by atoms with Crippen LogP contribution in [0, 0.1) is 5.41 Å². The maximum Gasteiger partial charge on any atom is 0.120 e. The Morgan fingerprint density at radius 3 is 2.58 bits per heavy atom. The summed E-state index contributed by atoms with van der Waals surface area (Å²) in [5.41, 5.74) is 6.70. The summed E-state index contributed by atoms with van der Waals surface area (Å²) < 4.78 is 11.1. The van der Waals surface area contributed by atoms with E-state index in [2.05, 4.69) is 20.8 Å². The highest BCUT2D eigenvalue weighted by atomic mass is 32.1. The smallest absolute Gasteiger partial charge is 0.120 e. The maximum atomic E-state index is 5.59. The van der Waals surface area contributed by atoms with E-state index in [9.17, 15) is 0 Å². The molecule has 19 heavy (non-hydrogen) atoms. The van der Waals surface area contributed by atoms with E-state index in [1.54, 1.807) is 0 Å². The van der Waals surface area contributed by atoms with Crippen LogP contribution >= 0.6 is 12.2 Å². The second kappa shape index (κ2) is 7.46. The molecule has 2 N–H and O–H groups in total. The largest absolute Gasteiger partial charge is 0.491 e. The minimum atomic E-state index is 0.312. The molecule has 4 heteroatoms. The van der Waals surface area contributed by atoms with E-state index in [-0.39, 0.29) is 0 Å². The monoisotopic (exact) mass is 281 g/mol. The van der Waals surface area contributed by atoms with Gasteiger partial charge in [-0.3, -0.25) is 0 Å². The fourth-order valence-electron chi connectivity index (χ4n) is 1.44. The van der Waals surface area contributed by atoms with Crippen molar-refractivity contribution < 1.29 is 9.47 Å². The molecule has 0 saturated heterocycles. The topological polar surface area (TPSA) is 44.5 Å². The van der Waals surface area contributed by atoms with E-state index in [0.717, 1.165) is 24.3 Å². The third-order valence-corrected chi connectivity index (χ3v) is 2.85. The molecule has 0 unspecified atom stereocenters. The molecule has 0 amide bonds. The highest BCUT2D eigenvalue weighted by Gasteiger charge is 2.09. The van der Waals surface area contributed by atoms with Crippen LogP contribution < -0.4 is 10.5 Å². The van der Waals surface area contributed by atoms with Crippen LogP contribution in [0.15, 0.2) is 24.3 Å². The maximum absolute atomic E-state index is 5.59. The Kier molecular flexibility index (Phi) is 6.25. The first kappa shape index (κ1) is 15.9. The molecular formula is C15H23NO2S. The van der Waals surface area contributed by atoms with Gasteiger partial charge in [0.15, 0.2) is 0 Å². The second-order valence-electron chi connectivity index (χ2n) is 5.66. The molecule has 0 saturated carbocycles. The highest BCUT2D eigenvalue weighted by Crippen LogP contribution is 2.18. The van der Waals surface area contributed by atoms with E-state index in [4.69, 9.17) is 27.4 Å². The quantitative estimate of drug-likeness (QED) is 0.616. The third kappa shape index (κ3) is 7.13. The third-order valence-electron chi connectivity index (χ3n) is 2.61. The van der Waals surface area contributed by atoms with Gasteiger partial charge in [-0.05, 0) is 24.0 Å². The molecule has 1 aromatic rings. The van der Waals surface area contributed by atoms with Crippen LogP contribution in [0.4, 0.5) is 0 Å². The average molecular weight is 281 g/mol. The van der Waals surface area contributed by atoms with E-state index in [0.29, 0.717) is 23.6 Å². The lowest BCUT2D eigenvalue weighted by atomic mass is 9.93. The molecule has 0 fully saturated rings. The van der Waals surface area contributed by atoms with E-state index in [1.807, 2.05) is 24.3 Å². The van der Waals surface area contributed by atoms with Crippen LogP contribution in [-0.2, 0) is 4.74 Å². The lowest BCUT2D eigenvalue weighted by molar-refractivity contribution is 0.0818. The van der Waals surface area contributed by atoms with Crippen molar-refractivity contribution in [3.8, 4) is 5.75 Å². The molecule has 0 aliphatic heterocycles. The van der Waals surface area contributed by atoms with Crippen molar-refractivity contribution in [2.24, 2.45) is 11.1 Å². The fourth-order valence-corrected chi connectivity index (χ4v) is 1.56. The van der Waals surface area contributed by atoms with E-state index < -0.39 is 0 Å². The molecule has 3 nitrogen and oxygen atoms in total. The van der Waals surface area contributed by atoms with Gasteiger partial charge in [0.1, 0.15) is 17.3 Å². The number of rotatable bonds is 7. The van der Waals surface area contributed by atoms with Crippen molar-refractivity contribution in [3.63, 3.8) is 0 Å². The SMILES string of the molecule is CC(C)(C)CCOCCOc1cccc(C(N)=S)c1. The molecule has 0 heterocycles. The number of thiocarbonyl (C=S) groups is 1. The second-order valence-corrected chi connectivity index (χ2v) is 6.10. The first-order valence-electron chi connectivity index (χ1n) is 6.49. The van der Waals surface area contributed by atoms with Crippen molar-refractivity contribution in [2.75, 3.05) is 19.8 Å². The number of hydrogen-bond acceptors (Lipinski definition) is 3. The van der Waals surface area contributed by atoms with Crippen molar-refractivity contribution in [2.45, 2.75) is 27.2 Å². The summed E-state index contributed by atoms with van der Waals surface area (Å²) in [5.74, 6) is 0.768. The first-order chi connectivity index (χ1) is 8.88. The van der Waals surface area contributed by atoms with Crippen LogP contribution in [0.2, 0.25) is 0 Å². The van der Waals surface area contributed by atoms with Gasteiger partial charge in [-0.15, -0.1) is 0 Å². The zero-order chi connectivity index (χ0) is 14.3. The average Bonchev–Trinajstić information content (AvgIpc) is 2.32. The van der Waals surface area contributed by atoms with Crippen molar-refractivity contribution in [1.82, 2.24) is 0 Å². The van der Waals surface area contributed by atoms with Crippen LogP contribution in [-0.4, -0.2) is 24.8 Å².